The zero-order valence-corrected chi connectivity index (χ0v) is 12.5. The third-order valence-corrected chi connectivity index (χ3v) is 4.87. The minimum absolute atomic E-state index is 0.108. The Bertz CT molecular complexity index is 270. The Morgan fingerprint density at radius 3 is 2.28 bits per heavy atom. The minimum Gasteiger partial charge on any atom is -0.391 e. The van der Waals surface area contributed by atoms with Gasteiger partial charge >= 0.3 is 0 Å². The van der Waals surface area contributed by atoms with Gasteiger partial charge in [-0.25, -0.2) is 0 Å². The lowest BCUT2D eigenvalue weighted by Crippen LogP contribution is -2.57. The molecule has 1 saturated carbocycles. The van der Waals surface area contributed by atoms with Gasteiger partial charge in [0.25, 0.3) is 0 Å². The first-order valence-electron chi connectivity index (χ1n) is 7.55. The molecule has 0 radical (unpaired) electrons. The molecule has 0 bridgehead atoms. The summed E-state index contributed by atoms with van der Waals surface area (Å²) in [5.41, 5.74) is 0.402. The third-order valence-electron chi connectivity index (χ3n) is 4.87. The Morgan fingerprint density at radius 1 is 1.11 bits per heavy atom. The highest BCUT2D eigenvalue weighted by molar-refractivity contribution is 4.92. The van der Waals surface area contributed by atoms with E-state index in [2.05, 4.69) is 37.5 Å². The molecule has 0 aromatic carbocycles. The molecular weight excluding hydrogens is 224 g/mol. The highest BCUT2D eigenvalue weighted by Crippen LogP contribution is 2.37. The number of aliphatic hydroxyl groups excluding tert-OH is 1. The van der Waals surface area contributed by atoms with E-state index in [-0.39, 0.29) is 6.10 Å². The van der Waals surface area contributed by atoms with Crippen molar-refractivity contribution in [1.29, 1.82) is 0 Å². The van der Waals surface area contributed by atoms with Gasteiger partial charge in [0.15, 0.2) is 0 Å². The Kier molecular flexibility index (Phi) is 4.35. The van der Waals surface area contributed by atoms with Crippen LogP contribution in [0.5, 0.6) is 0 Å². The number of hydrogen-bond acceptors (Lipinski definition) is 3. The first-order chi connectivity index (χ1) is 8.39. The van der Waals surface area contributed by atoms with E-state index in [1.807, 2.05) is 0 Å². The van der Waals surface area contributed by atoms with E-state index in [9.17, 15) is 5.11 Å². The normalized spacial score (nSPS) is 35.0. The van der Waals surface area contributed by atoms with E-state index in [4.69, 9.17) is 0 Å². The fourth-order valence-electron chi connectivity index (χ4n) is 3.49. The molecule has 3 heteroatoms. The van der Waals surface area contributed by atoms with E-state index in [1.54, 1.807) is 0 Å². The summed E-state index contributed by atoms with van der Waals surface area (Å²) in [6.45, 7) is 13.8. The van der Waals surface area contributed by atoms with E-state index in [0.29, 0.717) is 17.5 Å². The van der Waals surface area contributed by atoms with Crippen molar-refractivity contribution < 1.29 is 5.11 Å². The quantitative estimate of drug-likeness (QED) is 0.816. The highest BCUT2D eigenvalue weighted by atomic mass is 16.3. The second-order valence-electron chi connectivity index (χ2n) is 7.21. The molecular formula is C15H30N2O. The second kappa shape index (κ2) is 5.48. The van der Waals surface area contributed by atoms with Gasteiger partial charge in [0.1, 0.15) is 0 Å². The lowest BCUT2D eigenvalue weighted by molar-refractivity contribution is -0.0367. The Morgan fingerprint density at radius 2 is 1.72 bits per heavy atom. The van der Waals surface area contributed by atoms with E-state index < -0.39 is 0 Å². The predicted molar refractivity (Wildman–Crippen MR) is 75.7 cm³/mol. The van der Waals surface area contributed by atoms with Crippen LogP contribution in [-0.2, 0) is 0 Å². The third kappa shape index (κ3) is 3.25. The molecule has 1 aliphatic carbocycles. The number of nitrogens with zero attached hydrogens (tertiary/aromatic N) is 2. The van der Waals surface area contributed by atoms with E-state index in [1.165, 1.54) is 0 Å². The van der Waals surface area contributed by atoms with Crippen molar-refractivity contribution in [3.63, 3.8) is 0 Å². The fourth-order valence-corrected chi connectivity index (χ4v) is 3.49. The number of piperazine rings is 1. The summed E-state index contributed by atoms with van der Waals surface area (Å²) in [6.07, 6.45) is 3.18. The number of hydrogen-bond donors (Lipinski definition) is 1. The van der Waals surface area contributed by atoms with Crippen LogP contribution < -0.4 is 0 Å². The molecule has 1 N–H and O–H groups in total. The summed E-state index contributed by atoms with van der Waals surface area (Å²) in [7, 11) is 0. The Hall–Kier alpha value is -0.120. The number of rotatable bonds is 2. The lowest BCUT2D eigenvalue weighted by atomic mass is 9.73. The van der Waals surface area contributed by atoms with Crippen molar-refractivity contribution in [3.05, 3.63) is 0 Å². The molecule has 1 aliphatic heterocycles. The summed E-state index contributed by atoms with van der Waals surface area (Å²) in [5.74, 6) is 0. The van der Waals surface area contributed by atoms with Crippen LogP contribution in [0.3, 0.4) is 0 Å². The van der Waals surface area contributed by atoms with Gasteiger partial charge in [-0.3, -0.25) is 9.80 Å². The molecule has 2 rings (SSSR count). The Balaban J connectivity index is 1.92. The zero-order valence-electron chi connectivity index (χ0n) is 12.5. The average Bonchev–Trinajstić information content (AvgIpc) is 2.32. The summed E-state index contributed by atoms with van der Waals surface area (Å²) in [5, 5.41) is 10.3. The standard InChI is InChI=1S/C15H30N2O/c1-12(2)16-7-9-17(10-8-16)13-11-15(3,4)6-5-14(13)18/h12-14,18H,5-11H2,1-4H3. The van der Waals surface area contributed by atoms with Gasteiger partial charge in [0.2, 0.25) is 0 Å². The van der Waals surface area contributed by atoms with Crippen molar-refractivity contribution >= 4 is 0 Å². The molecule has 106 valence electrons. The maximum absolute atomic E-state index is 10.3. The summed E-state index contributed by atoms with van der Waals surface area (Å²) in [4.78, 5) is 5.07. The zero-order chi connectivity index (χ0) is 13.3. The van der Waals surface area contributed by atoms with Gasteiger partial charge < -0.3 is 5.11 Å². The van der Waals surface area contributed by atoms with Gasteiger partial charge in [-0.05, 0) is 38.5 Å². The first-order valence-corrected chi connectivity index (χ1v) is 7.55. The van der Waals surface area contributed by atoms with Crippen LogP contribution in [-0.4, -0.2) is 59.3 Å². The van der Waals surface area contributed by atoms with Crippen LogP contribution in [0.2, 0.25) is 0 Å². The largest absolute Gasteiger partial charge is 0.391 e. The van der Waals surface area contributed by atoms with Crippen molar-refractivity contribution in [1.82, 2.24) is 9.80 Å². The molecule has 2 aliphatic rings. The molecule has 0 aromatic heterocycles. The van der Waals surface area contributed by atoms with E-state index in [0.717, 1.165) is 45.4 Å². The molecule has 1 saturated heterocycles. The van der Waals surface area contributed by atoms with Crippen LogP contribution in [0.25, 0.3) is 0 Å². The van der Waals surface area contributed by atoms with Crippen LogP contribution in [0.15, 0.2) is 0 Å². The van der Waals surface area contributed by atoms with Gasteiger partial charge in [0.05, 0.1) is 6.10 Å². The summed E-state index contributed by atoms with van der Waals surface area (Å²) >= 11 is 0. The van der Waals surface area contributed by atoms with Gasteiger partial charge in [-0.15, -0.1) is 0 Å². The highest BCUT2D eigenvalue weighted by Gasteiger charge is 2.38. The first kappa shape index (κ1) is 14.3. The SMILES string of the molecule is CC(C)N1CCN(C2CC(C)(C)CCC2O)CC1. The van der Waals surface area contributed by atoms with E-state index >= 15 is 0 Å². The van der Waals surface area contributed by atoms with Crippen LogP contribution in [0, 0.1) is 5.41 Å². The van der Waals surface area contributed by atoms with Crippen LogP contribution in [0.1, 0.15) is 47.0 Å². The maximum atomic E-state index is 10.3. The molecule has 2 unspecified atom stereocenters. The van der Waals surface area contributed by atoms with Crippen molar-refractivity contribution in [3.8, 4) is 0 Å². The molecule has 0 aromatic rings. The average molecular weight is 254 g/mol. The monoisotopic (exact) mass is 254 g/mol. The summed E-state index contributed by atoms with van der Waals surface area (Å²) in [6, 6.07) is 1.04. The fraction of sp³-hybridized carbons (Fsp3) is 1.00. The smallest absolute Gasteiger partial charge is 0.0695 e. The minimum atomic E-state index is -0.108. The molecule has 3 nitrogen and oxygen atoms in total. The van der Waals surface area contributed by atoms with Crippen molar-refractivity contribution in [2.75, 3.05) is 26.2 Å². The lowest BCUT2D eigenvalue weighted by Gasteiger charge is -2.47. The van der Waals surface area contributed by atoms with Crippen molar-refractivity contribution in [2.45, 2.75) is 65.1 Å². The number of aliphatic hydroxyl groups is 1. The van der Waals surface area contributed by atoms with Crippen LogP contribution in [0.4, 0.5) is 0 Å². The second-order valence-corrected chi connectivity index (χ2v) is 7.21. The van der Waals surface area contributed by atoms with Gasteiger partial charge in [0, 0.05) is 38.3 Å². The molecule has 0 spiro atoms. The molecule has 2 atom stereocenters. The maximum Gasteiger partial charge on any atom is 0.0695 e. The van der Waals surface area contributed by atoms with Crippen LogP contribution >= 0.6 is 0 Å². The molecule has 18 heavy (non-hydrogen) atoms. The molecule has 2 fully saturated rings. The predicted octanol–water partition coefficient (Wildman–Crippen LogP) is 1.95. The summed E-state index contributed by atoms with van der Waals surface area (Å²) < 4.78 is 0. The van der Waals surface area contributed by atoms with Crippen molar-refractivity contribution in [2.24, 2.45) is 5.41 Å². The topological polar surface area (TPSA) is 26.7 Å². The van der Waals surface area contributed by atoms with Gasteiger partial charge in [-0.2, -0.15) is 0 Å². The molecule has 0 amide bonds. The Labute approximate surface area is 112 Å². The molecule has 1 heterocycles. The van der Waals surface area contributed by atoms with Gasteiger partial charge in [-0.1, -0.05) is 13.8 Å².